The van der Waals surface area contributed by atoms with Crippen molar-refractivity contribution in [3.05, 3.63) is 28.0 Å². The summed E-state index contributed by atoms with van der Waals surface area (Å²) in [5.41, 5.74) is 0.781. The molecule has 0 aliphatic heterocycles. The number of ether oxygens (including phenoxy) is 2. The first-order valence-corrected chi connectivity index (χ1v) is 5.79. The first-order chi connectivity index (χ1) is 8.63. The van der Waals surface area contributed by atoms with E-state index in [1.807, 2.05) is 0 Å². The summed E-state index contributed by atoms with van der Waals surface area (Å²) in [4.78, 5) is 10.9. The number of nitrogens with one attached hydrogen (secondary N) is 1. The predicted octanol–water partition coefficient (Wildman–Crippen LogP) is 2.87. The van der Waals surface area contributed by atoms with Gasteiger partial charge in [-0.25, -0.2) is 4.98 Å². The third-order valence-corrected chi connectivity index (χ3v) is 2.74. The van der Waals surface area contributed by atoms with Crippen LogP contribution in [0.4, 0.5) is 0 Å². The van der Waals surface area contributed by atoms with E-state index in [2.05, 4.69) is 15.0 Å². The van der Waals surface area contributed by atoms with Gasteiger partial charge in [0.2, 0.25) is 4.77 Å². The fraction of sp³-hybridized carbons (Fsp3) is 0.182. The summed E-state index contributed by atoms with van der Waals surface area (Å²) in [6.07, 6.45) is 0. The maximum atomic E-state index is 5.96. The fourth-order valence-electron chi connectivity index (χ4n) is 1.41. The lowest BCUT2D eigenvalue weighted by atomic mass is 10.2. The highest BCUT2D eigenvalue weighted by atomic mass is 35.5. The molecule has 1 aromatic heterocycles. The van der Waals surface area contributed by atoms with Gasteiger partial charge in [0, 0.05) is 5.56 Å². The van der Waals surface area contributed by atoms with Crippen LogP contribution < -0.4 is 9.47 Å². The van der Waals surface area contributed by atoms with Gasteiger partial charge < -0.3 is 9.47 Å². The van der Waals surface area contributed by atoms with Gasteiger partial charge in [-0.2, -0.15) is 4.98 Å². The molecule has 0 atom stereocenters. The molecule has 0 aliphatic carbocycles. The summed E-state index contributed by atoms with van der Waals surface area (Å²) in [5.74, 6) is 1.10. The Kier molecular flexibility index (Phi) is 3.78. The van der Waals surface area contributed by atoms with Crippen molar-refractivity contribution in [1.29, 1.82) is 0 Å². The number of aromatic nitrogens is 3. The lowest BCUT2D eigenvalue weighted by Crippen LogP contribution is -1.98. The van der Waals surface area contributed by atoms with E-state index in [1.54, 1.807) is 25.3 Å². The Morgan fingerprint density at radius 3 is 2.67 bits per heavy atom. The smallest absolute Gasteiger partial charge is 0.297 e. The topological polar surface area (TPSA) is 60.0 Å². The van der Waals surface area contributed by atoms with Crippen molar-refractivity contribution in [3.8, 4) is 23.1 Å². The highest BCUT2D eigenvalue weighted by molar-refractivity contribution is 7.71. The van der Waals surface area contributed by atoms with Gasteiger partial charge in [-0.3, -0.25) is 4.98 Å². The third-order valence-electron chi connectivity index (χ3n) is 2.25. The molecule has 0 saturated heterocycles. The fourth-order valence-corrected chi connectivity index (χ4v) is 1.77. The Morgan fingerprint density at radius 1 is 1.22 bits per heavy atom. The molecule has 0 saturated carbocycles. The molecule has 7 heteroatoms. The first-order valence-electron chi connectivity index (χ1n) is 5.00. The van der Waals surface area contributed by atoms with Gasteiger partial charge in [-0.05, 0) is 30.4 Å². The molecule has 2 rings (SSSR count). The van der Waals surface area contributed by atoms with Crippen molar-refractivity contribution >= 4 is 23.8 Å². The molecule has 1 aromatic carbocycles. The minimum absolute atomic E-state index is 0.203. The highest BCUT2D eigenvalue weighted by Gasteiger charge is 2.07. The molecule has 0 amide bonds. The van der Waals surface area contributed by atoms with Crippen LogP contribution in [0.1, 0.15) is 0 Å². The van der Waals surface area contributed by atoms with Crippen LogP contribution in [0.3, 0.4) is 0 Å². The summed E-state index contributed by atoms with van der Waals surface area (Å²) in [6, 6.07) is 5.59. The normalized spacial score (nSPS) is 10.2. The van der Waals surface area contributed by atoms with Crippen LogP contribution in [0.25, 0.3) is 11.4 Å². The van der Waals surface area contributed by atoms with Gasteiger partial charge in [0.25, 0.3) is 6.01 Å². The Bertz CT molecular complexity index is 630. The number of H-pyrrole nitrogens is 1. The van der Waals surface area contributed by atoms with E-state index in [-0.39, 0.29) is 4.77 Å². The standard InChI is InChI=1S/C11H10ClN3O2S/c1-16-8-5-6(3-4-7(8)12)9-13-10(17-2)15-11(18)14-9/h3-5H,1-2H3,(H,13,14,15,18). The number of hydrogen-bond donors (Lipinski definition) is 1. The first kappa shape index (κ1) is 12.8. The zero-order valence-corrected chi connectivity index (χ0v) is 11.3. The van der Waals surface area contributed by atoms with Gasteiger partial charge in [-0.15, -0.1) is 0 Å². The SMILES string of the molecule is COc1nc(=S)nc(-c2ccc(Cl)c(OC)c2)[nH]1. The second kappa shape index (κ2) is 5.32. The molecule has 18 heavy (non-hydrogen) atoms. The number of benzene rings is 1. The molecule has 5 nitrogen and oxygen atoms in total. The van der Waals surface area contributed by atoms with Gasteiger partial charge >= 0.3 is 0 Å². The van der Waals surface area contributed by atoms with Crippen LogP contribution in [-0.2, 0) is 0 Å². The van der Waals surface area contributed by atoms with Crippen molar-refractivity contribution in [3.63, 3.8) is 0 Å². The zero-order chi connectivity index (χ0) is 13.1. The largest absolute Gasteiger partial charge is 0.495 e. The maximum Gasteiger partial charge on any atom is 0.297 e. The number of aromatic amines is 1. The van der Waals surface area contributed by atoms with E-state index in [0.717, 1.165) is 5.56 Å². The maximum absolute atomic E-state index is 5.96. The van der Waals surface area contributed by atoms with Crippen LogP contribution in [0, 0.1) is 4.77 Å². The summed E-state index contributed by atoms with van der Waals surface area (Å²) in [7, 11) is 3.05. The molecule has 1 N–H and O–H groups in total. The lowest BCUT2D eigenvalue weighted by Gasteiger charge is -2.07. The molecule has 1 heterocycles. The summed E-state index contributed by atoms with van der Waals surface area (Å²) >= 11 is 10.9. The van der Waals surface area contributed by atoms with Crippen molar-refractivity contribution in [1.82, 2.24) is 15.0 Å². The summed E-state index contributed by atoms with van der Waals surface area (Å²) < 4.78 is 10.4. The Labute approximate surface area is 114 Å². The van der Waals surface area contributed by atoms with Crippen molar-refractivity contribution in [2.24, 2.45) is 0 Å². The zero-order valence-electron chi connectivity index (χ0n) is 9.73. The van der Waals surface area contributed by atoms with E-state index >= 15 is 0 Å². The van der Waals surface area contributed by atoms with Gasteiger partial charge in [-0.1, -0.05) is 11.6 Å². The minimum Gasteiger partial charge on any atom is -0.495 e. The quantitative estimate of drug-likeness (QED) is 0.878. The van der Waals surface area contributed by atoms with Gasteiger partial charge in [0.1, 0.15) is 11.6 Å². The van der Waals surface area contributed by atoms with E-state index < -0.39 is 0 Å². The van der Waals surface area contributed by atoms with E-state index in [1.165, 1.54) is 7.11 Å². The number of hydrogen-bond acceptors (Lipinski definition) is 5. The molecular formula is C11H10ClN3O2S. The second-order valence-electron chi connectivity index (χ2n) is 3.34. The summed E-state index contributed by atoms with van der Waals surface area (Å²) in [5, 5.41) is 0.529. The molecule has 0 fully saturated rings. The minimum atomic E-state index is 0.203. The van der Waals surface area contributed by atoms with E-state index in [9.17, 15) is 0 Å². The monoisotopic (exact) mass is 283 g/mol. The van der Waals surface area contributed by atoms with Crippen LogP contribution in [0.5, 0.6) is 11.8 Å². The highest BCUT2D eigenvalue weighted by Crippen LogP contribution is 2.29. The predicted molar refractivity (Wildman–Crippen MR) is 70.8 cm³/mol. The number of halogens is 1. The van der Waals surface area contributed by atoms with Gasteiger partial charge in [0.15, 0.2) is 0 Å². The average molecular weight is 284 g/mol. The molecule has 2 aromatic rings. The van der Waals surface area contributed by atoms with Crippen LogP contribution in [0.15, 0.2) is 18.2 Å². The van der Waals surface area contributed by atoms with Crippen molar-refractivity contribution in [2.75, 3.05) is 14.2 Å². The van der Waals surface area contributed by atoms with E-state index in [4.69, 9.17) is 33.3 Å². The van der Waals surface area contributed by atoms with Crippen molar-refractivity contribution < 1.29 is 9.47 Å². The number of methoxy groups -OCH3 is 2. The van der Waals surface area contributed by atoms with Crippen molar-refractivity contribution in [2.45, 2.75) is 0 Å². The molecular weight excluding hydrogens is 274 g/mol. The van der Waals surface area contributed by atoms with E-state index in [0.29, 0.717) is 22.6 Å². The molecule has 94 valence electrons. The number of nitrogens with zero attached hydrogens (tertiary/aromatic N) is 2. The van der Waals surface area contributed by atoms with Crippen LogP contribution in [-0.4, -0.2) is 29.2 Å². The average Bonchev–Trinajstić information content (AvgIpc) is 2.38. The Hall–Kier alpha value is -1.66. The molecule has 0 unspecified atom stereocenters. The Balaban J connectivity index is 2.54. The molecule has 0 bridgehead atoms. The van der Waals surface area contributed by atoms with Gasteiger partial charge in [0.05, 0.1) is 19.2 Å². The third kappa shape index (κ3) is 2.60. The summed E-state index contributed by atoms with van der Waals surface area (Å²) in [6.45, 7) is 0. The second-order valence-corrected chi connectivity index (χ2v) is 4.11. The molecule has 0 spiro atoms. The molecule has 0 aliphatic rings. The molecule has 0 radical (unpaired) electrons. The van der Waals surface area contributed by atoms with Crippen LogP contribution >= 0.6 is 23.8 Å². The lowest BCUT2D eigenvalue weighted by molar-refractivity contribution is 0.378. The van der Waals surface area contributed by atoms with Crippen LogP contribution in [0.2, 0.25) is 5.02 Å². The Morgan fingerprint density at radius 2 is 2.00 bits per heavy atom. The number of rotatable bonds is 3.